The minimum Gasteiger partial charge on any atom is -0.490 e. The summed E-state index contributed by atoms with van der Waals surface area (Å²) in [6.45, 7) is 0. The summed E-state index contributed by atoms with van der Waals surface area (Å²) >= 11 is 4.86. The molecule has 5 heteroatoms. The Balaban J connectivity index is 3.42. The molecule has 0 aromatic heterocycles. The highest BCUT2D eigenvalue weighted by Gasteiger charge is 2.10. The monoisotopic (exact) mass is 194 g/mol. The Hall–Kier alpha value is 0.0269. The van der Waals surface area contributed by atoms with Gasteiger partial charge in [-0.3, -0.25) is 0 Å². The van der Waals surface area contributed by atoms with Crippen LogP contribution in [0.2, 0.25) is 6.04 Å². The molecule has 0 unspecified atom stereocenters. The molecule has 11 heavy (non-hydrogen) atoms. The van der Waals surface area contributed by atoms with Gasteiger partial charge >= 0.3 is 9.28 Å². The summed E-state index contributed by atoms with van der Waals surface area (Å²) in [6, 6.07) is 0.875. The van der Waals surface area contributed by atoms with Crippen LogP contribution < -0.4 is 0 Å². The van der Waals surface area contributed by atoms with Crippen LogP contribution in [-0.2, 0) is 13.6 Å². The number of hydrogen-bond acceptors (Lipinski definition) is 4. The largest absolute Gasteiger partial charge is 0.490 e. The molecule has 0 fully saturated rings. The van der Waals surface area contributed by atoms with Gasteiger partial charge in [0.05, 0.1) is 7.11 Å². The molecule has 0 aromatic carbocycles. The SMILES string of the molecule is COC(=S)CC[SiH](OC)OC. The molecule has 0 rings (SSSR count). The van der Waals surface area contributed by atoms with Crippen molar-refractivity contribution in [2.75, 3.05) is 21.3 Å². The van der Waals surface area contributed by atoms with Crippen LogP contribution in [0, 0.1) is 0 Å². The first-order chi connectivity index (χ1) is 5.24. The molecule has 0 atom stereocenters. The van der Waals surface area contributed by atoms with Crippen LogP contribution in [0.4, 0.5) is 0 Å². The van der Waals surface area contributed by atoms with Crippen LogP contribution >= 0.6 is 12.2 Å². The van der Waals surface area contributed by atoms with Crippen molar-refractivity contribution in [1.29, 1.82) is 0 Å². The number of ether oxygens (including phenoxy) is 1. The normalized spacial score (nSPS) is 10.2. The first kappa shape index (κ1) is 11.0. The number of hydrogen-bond donors (Lipinski definition) is 0. The van der Waals surface area contributed by atoms with E-state index in [2.05, 4.69) is 0 Å². The van der Waals surface area contributed by atoms with E-state index < -0.39 is 9.28 Å². The Labute approximate surface area is 74.5 Å². The molecule has 0 spiro atoms. The average molecular weight is 194 g/mol. The average Bonchev–Trinajstić information content (AvgIpc) is 2.06. The lowest BCUT2D eigenvalue weighted by Crippen LogP contribution is -2.19. The van der Waals surface area contributed by atoms with Gasteiger partial charge in [0.15, 0.2) is 5.05 Å². The smallest absolute Gasteiger partial charge is 0.321 e. The fourth-order valence-corrected chi connectivity index (χ4v) is 2.16. The van der Waals surface area contributed by atoms with Crippen LogP contribution in [0.1, 0.15) is 6.42 Å². The maximum atomic E-state index is 5.10. The van der Waals surface area contributed by atoms with E-state index in [-0.39, 0.29) is 0 Å². The Morgan fingerprint density at radius 3 is 2.18 bits per heavy atom. The van der Waals surface area contributed by atoms with Gasteiger partial charge in [-0.1, -0.05) is 0 Å². The van der Waals surface area contributed by atoms with Crippen molar-refractivity contribution >= 4 is 26.6 Å². The van der Waals surface area contributed by atoms with Crippen LogP contribution in [0.3, 0.4) is 0 Å². The van der Waals surface area contributed by atoms with Crippen LogP contribution in [0.25, 0.3) is 0 Å². The standard InChI is InChI=1S/C6H14O3SSi/c1-7-6(10)4-5-11(8-2)9-3/h11H,4-5H2,1-3H3. The number of rotatable bonds is 5. The van der Waals surface area contributed by atoms with Crippen LogP contribution in [-0.4, -0.2) is 35.7 Å². The molecule has 0 amide bonds. The van der Waals surface area contributed by atoms with E-state index in [4.69, 9.17) is 25.8 Å². The zero-order valence-corrected chi connectivity index (χ0v) is 9.10. The molecule has 0 aliphatic heterocycles. The van der Waals surface area contributed by atoms with Crippen molar-refractivity contribution in [3.05, 3.63) is 0 Å². The zero-order valence-electron chi connectivity index (χ0n) is 7.12. The molecule has 0 N–H and O–H groups in total. The van der Waals surface area contributed by atoms with Crippen molar-refractivity contribution in [2.45, 2.75) is 12.5 Å². The fraction of sp³-hybridized carbons (Fsp3) is 0.833. The van der Waals surface area contributed by atoms with Gasteiger partial charge < -0.3 is 13.6 Å². The van der Waals surface area contributed by atoms with Gasteiger partial charge in [-0.2, -0.15) is 0 Å². The summed E-state index contributed by atoms with van der Waals surface area (Å²) in [6.07, 6.45) is 0.754. The number of thiocarbonyl (C=S) groups is 1. The highest BCUT2D eigenvalue weighted by Crippen LogP contribution is 2.01. The van der Waals surface area contributed by atoms with Crippen molar-refractivity contribution in [1.82, 2.24) is 0 Å². The molecule has 0 saturated carbocycles. The minimum atomic E-state index is -1.43. The van der Waals surface area contributed by atoms with E-state index in [0.717, 1.165) is 12.5 Å². The first-order valence-corrected chi connectivity index (χ1v) is 5.53. The summed E-state index contributed by atoms with van der Waals surface area (Å²) < 4.78 is 15.0. The Bertz CT molecular complexity index is 116. The predicted molar refractivity (Wildman–Crippen MR) is 50.2 cm³/mol. The van der Waals surface area contributed by atoms with E-state index in [1.807, 2.05) is 0 Å². The molecule has 0 aliphatic rings. The van der Waals surface area contributed by atoms with Gasteiger partial charge in [0.1, 0.15) is 0 Å². The van der Waals surface area contributed by atoms with Gasteiger partial charge in [-0.05, 0) is 18.3 Å². The molecule has 0 bridgehead atoms. The first-order valence-electron chi connectivity index (χ1n) is 3.37. The Kier molecular flexibility index (Phi) is 6.74. The molecule has 0 aliphatic carbocycles. The quantitative estimate of drug-likeness (QED) is 0.479. The zero-order chi connectivity index (χ0) is 8.69. The molecule has 0 radical (unpaired) electrons. The third-order valence-electron chi connectivity index (χ3n) is 1.34. The maximum absolute atomic E-state index is 5.10. The third kappa shape index (κ3) is 5.31. The van der Waals surface area contributed by atoms with Crippen molar-refractivity contribution in [3.8, 4) is 0 Å². The predicted octanol–water partition coefficient (Wildman–Crippen LogP) is 0.864. The van der Waals surface area contributed by atoms with Gasteiger partial charge in [0, 0.05) is 20.6 Å². The molecular weight excluding hydrogens is 180 g/mol. The Morgan fingerprint density at radius 2 is 1.82 bits per heavy atom. The van der Waals surface area contributed by atoms with Crippen molar-refractivity contribution in [2.24, 2.45) is 0 Å². The second kappa shape index (κ2) is 6.72. The highest BCUT2D eigenvalue weighted by atomic mass is 32.1. The van der Waals surface area contributed by atoms with Crippen LogP contribution in [0.5, 0.6) is 0 Å². The molecule has 3 nitrogen and oxygen atoms in total. The van der Waals surface area contributed by atoms with Gasteiger partial charge in [0.2, 0.25) is 0 Å². The highest BCUT2D eigenvalue weighted by molar-refractivity contribution is 7.80. The van der Waals surface area contributed by atoms with E-state index in [9.17, 15) is 0 Å². The van der Waals surface area contributed by atoms with E-state index >= 15 is 0 Å². The third-order valence-corrected chi connectivity index (χ3v) is 3.52. The molecular formula is C6H14O3SSi. The van der Waals surface area contributed by atoms with Gasteiger partial charge in [0.25, 0.3) is 0 Å². The molecule has 0 aromatic rings. The molecule has 66 valence electrons. The van der Waals surface area contributed by atoms with E-state index in [1.54, 1.807) is 21.3 Å². The lowest BCUT2D eigenvalue weighted by molar-refractivity contribution is 0.277. The maximum Gasteiger partial charge on any atom is 0.321 e. The topological polar surface area (TPSA) is 27.7 Å². The number of methoxy groups -OCH3 is 1. The second-order valence-corrected chi connectivity index (χ2v) is 4.85. The lowest BCUT2D eigenvalue weighted by Gasteiger charge is -2.09. The fourth-order valence-electron chi connectivity index (χ4n) is 0.670. The molecule has 0 heterocycles. The van der Waals surface area contributed by atoms with E-state index in [1.165, 1.54) is 0 Å². The Morgan fingerprint density at radius 1 is 1.27 bits per heavy atom. The second-order valence-electron chi connectivity index (χ2n) is 2.02. The summed E-state index contributed by atoms with van der Waals surface area (Å²) in [7, 11) is 3.48. The lowest BCUT2D eigenvalue weighted by atomic mass is 10.5. The van der Waals surface area contributed by atoms with Crippen molar-refractivity contribution < 1.29 is 13.6 Å². The summed E-state index contributed by atoms with van der Waals surface area (Å²) in [4.78, 5) is 0. The van der Waals surface area contributed by atoms with Crippen LogP contribution in [0.15, 0.2) is 0 Å². The summed E-state index contributed by atoms with van der Waals surface area (Å²) in [5.41, 5.74) is 0. The molecule has 0 saturated heterocycles. The van der Waals surface area contributed by atoms with E-state index in [0.29, 0.717) is 5.05 Å². The van der Waals surface area contributed by atoms with Gasteiger partial charge in [-0.25, -0.2) is 0 Å². The van der Waals surface area contributed by atoms with Gasteiger partial charge in [-0.15, -0.1) is 0 Å². The van der Waals surface area contributed by atoms with Crippen molar-refractivity contribution in [3.63, 3.8) is 0 Å². The summed E-state index contributed by atoms with van der Waals surface area (Å²) in [5.74, 6) is 0. The summed E-state index contributed by atoms with van der Waals surface area (Å²) in [5, 5.41) is 0.622. The minimum absolute atomic E-state index is 0.622.